The molecule has 10 heteroatoms. The Labute approximate surface area is 151 Å². The van der Waals surface area contributed by atoms with Crippen LogP contribution in [-0.4, -0.2) is 66.6 Å². The summed E-state index contributed by atoms with van der Waals surface area (Å²) in [7, 11) is 1.55. The first kappa shape index (κ1) is 21.6. The van der Waals surface area contributed by atoms with Crippen molar-refractivity contribution in [1.29, 1.82) is 0 Å². The van der Waals surface area contributed by atoms with Crippen LogP contribution in [0.2, 0.25) is 0 Å². The van der Waals surface area contributed by atoms with Gasteiger partial charge in [-0.3, -0.25) is 0 Å². The number of amides is 1. The summed E-state index contributed by atoms with van der Waals surface area (Å²) in [6.07, 6.45) is -0.523. The summed E-state index contributed by atoms with van der Waals surface area (Å²) in [5, 5.41) is 21.5. The lowest BCUT2D eigenvalue weighted by atomic mass is 10.0. The van der Waals surface area contributed by atoms with Crippen molar-refractivity contribution in [3.8, 4) is 11.8 Å². The maximum Gasteiger partial charge on any atom is 0.407 e. The molecule has 0 aromatic carbocycles. The molecule has 10 nitrogen and oxygen atoms in total. The standard InChI is InChI=1S/C16H26N2O8/c1-11(2)10-12(15(21)26-18-13(19)4-5-14(18)20)17-16(22)25-9-8-24-7-6-23-3/h4-5,11-12,19-20H,6-10H2,1-3H3,(H,17,22)/t12-/m0/s1. The molecular formula is C16H26N2O8. The van der Waals surface area contributed by atoms with Crippen LogP contribution >= 0.6 is 0 Å². The number of nitrogens with zero attached hydrogens (tertiary/aromatic N) is 1. The van der Waals surface area contributed by atoms with Crippen LogP contribution in [0.4, 0.5) is 4.79 Å². The Kier molecular flexibility index (Phi) is 9.31. The minimum absolute atomic E-state index is 0.0121. The molecule has 1 atom stereocenters. The van der Waals surface area contributed by atoms with Gasteiger partial charge in [0, 0.05) is 19.2 Å². The van der Waals surface area contributed by atoms with Crippen molar-refractivity contribution in [3.63, 3.8) is 0 Å². The van der Waals surface area contributed by atoms with Gasteiger partial charge in [0.15, 0.2) is 0 Å². The van der Waals surface area contributed by atoms with E-state index < -0.39 is 29.9 Å². The van der Waals surface area contributed by atoms with Crippen LogP contribution in [0.15, 0.2) is 12.1 Å². The van der Waals surface area contributed by atoms with Crippen LogP contribution in [0.25, 0.3) is 0 Å². The van der Waals surface area contributed by atoms with E-state index in [1.54, 1.807) is 7.11 Å². The lowest BCUT2D eigenvalue weighted by molar-refractivity contribution is -0.148. The molecule has 0 radical (unpaired) electrons. The SMILES string of the molecule is COCCOCCOC(=O)N[C@@H](CC(C)C)C(=O)On1c(O)ccc1O. The van der Waals surface area contributed by atoms with Gasteiger partial charge in [-0.15, -0.1) is 4.73 Å². The summed E-state index contributed by atoms with van der Waals surface area (Å²) >= 11 is 0. The van der Waals surface area contributed by atoms with Crippen LogP contribution in [0.5, 0.6) is 11.8 Å². The van der Waals surface area contributed by atoms with E-state index >= 15 is 0 Å². The van der Waals surface area contributed by atoms with Crippen molar-refractivity contribution in [1.82, 2.24) is 10.0 Å². The summed E-state index contributed by atoms with van der Waals surface area (Å²) in [5.41, 5.74) is 0. The van der Waals surface area contributed by atoms with Gasteiger partial charge in [0.25, 0.3) is 0 Å². The van der Waals surface area contributed by atoms with E-state index in [1.807, 2.05) is 13.8 Å². The number of nitrogens with one attached hydrogen (secondary N) is 1. The molecule has 1 aromatic rings. The van der Waals surface area contributed by atoms with Crippen molar-refractivity contribution >= 4 is 12.1 Å². The van der Waals surface area contributed by atoms with Crippen molar-refractivity contribution in [2.45, 2.75) is 26.3 Å². The van der Waals surface area contributed by atoms with E-state index in [-0.39, 0.29) is 25.6 Å². The lowest BCUT2D eigenvalue weighted by Crippen LogP contribution is -2.45. The topological polar surface area (TPSA) is 128 Å². The van der Waals surface area contributed by atoms with E-state index in [9.17, 15) is 19.8 Å². The minimum atomic E-state index is -1.02. The Morgan fingerprint density at radius 2 is 1.73 bits per heavy atom. The van der Waals surface area contributed by atoms with Crippen LogP contribution in [-0.2, 0) is 19.0 Å². The summed E-state index contributed by atoms with van der Waals surface area (Å²) in [6.45, 7) is 4.75. The Morgan fingerprint density at radius 1 is 1.12 bits per heavy atom. The van der Waals surface area contributed by atoms with Crippen molar-refractivity contribution in [2.75, 3.05) is 33.5 Å². The van der Waals surface area contributed by atoms with Crippen molar-refractivity contribution in [3.05, 3.63) is 12.1 Å². The summed E-state index contributed by atoms with van der Waals surface area (Å²) in [4.78, 5) is 29.0. The molecule has 0 saturated carbocycles. The third-order valence-electron chi connectivity index (χ3n) is 3.16. The van der Waals surface area contributed by atoms with Crippen LogP contribution < -0.4 is 10.2 Å². The molecule has 0 saturated heterocycles. The van der Waals surface area contributed by atoms with Gasteiger partial charge in [-0.25, -0.2) is 9.59 Å². The molecule has 0 aliphatic carbocycles. The molecule has 1 aromatic heterocycles. The molecule has 0 unspecified atom stereocenters. The third-order valence-corrected chi connectivity index (χ3v) is 3.16. The third kappa shape index (κ3) is 7.62. The predicted octanol–water partition coefficient (Wildman–Crippen LogP) is 0.658. The van der Waals surface area contributed by atoms with Crippen LogP contribution in [0.1, 0.15) is 20.3 Å². The number of carbonyl (C=O) groups is 2. The maximum absolute atomic E-state index is 12.3. The van der Waals surface area contributed by atoms with E-state index in [1.165, 1.54) is 0 Å². The van der Waals surface area contributed by atoms with Gasteiger partial charge < -0.3 is 34.6 Å². The molecule has 1 amide bonds. The fourth-order valence-corrected chi connectivity index (χ4v) is 1.96. The molecule has 3 N–H and O–H groups in total. The predicted molar refractivity (Wildman–Crippen MR) is 89.8 cm³/mol. The number of hydrogen-bond donors (Lipinski definition) is 3. The quantitative estimate of drug-likeness (QED) is 0.482. The van der Waals surface area contributed by atoms with E-state index in [0.29, 0.717) is 17.9 Å². The first-order valence-electron chi connectivity index (χ1n) is 8.17. The van der Waals surface area contributed by atoms with Gasteiger partial charge in [0.05, 0.1) is 19.8 Å². The average molecular weight is 374 g/mol. The van der Waals surface area contributed by atoms with E-state index in [0.717, 1.165) is 12.1 Å². The minimum Gasteiger partial charge on any atom is -0.492 e. The molecule has 0 bridgehead atoms. The second kappa shape index (κ2) is 11.2. The Hall–Kier alpha value is -2.46. The molecule has 0 spiro atoms. The monoisotopic (exact) mass is 374 g/mol. The Balaban J connectivity index is 2.52. The number of methoxy groups -OCH3 is 1. The number of rotatable bonds is 11. The molecule has 1 rings (SSSR count). The zero-order valence-electron chi connectivity index (χ0n) is 15.1. The van der Waals surface area contributed by atoms with E-state index in [2.05, 4.69) is 5.32 Å². The zero-order valence-corrected chi connectivity index (χ0v) is 15.1. The summed E-state index contributed by atoms with van der Waals surface area (Å²) in [6, 6.07) is 1.30. The second-order valence-corrected chi connectivity index (χ2v) is 5.82. The first-order chi connectivity index (χ1) is 12.3. The Morgan fingerprint density at radius 3 is 2.31 bits per heavy atom. The van der Waals surface area contributed by atoms with Gasteiger partial charge in [-0.05, 0) is 12.3 Å². The highest BCUT2D eigenvalue weighted by Gasteiger charge is 2.26. The molecule has 0 fully saturated rings. The molecule has 148 valence electrons. The highest BCUT2D eigenvalue weighted by molar-refractivity contribution is 5.81. The van der Waals surface area contributed by atoms with Gasteiger partial charge in [-0.2, -0.15) is 0 Å². The number of aromatic hydroxyl groups is 2. The highest BCUT2D eigenvalue weighted by Crippen LogP contribution is 2.19. The number of aromatic nitrogens is 1. The molecule has 1 heterocycles. The Bertz CT molecular complexity index is 553. The van der Waals surface area contributed by atoms with E-state index in [4.69, 9.17) is 19.0 Å². The maximum atomic E-state index is 12.3. The lowest BCUT2D eigenvalue weighted by Gasteiger charge is -2.19. The fraction of sp³-hybridized carbons (Fsp3) is 0.625. The smallest absolute Gasteiger partial charge is 0.407 e. The van der Waals surface area contributed by atoms with Crippen LogP contribution in [0, 0.1) is 5.92 Å². The van der Waals surface area contributed by atoms with Gasteiger partial charge in [-0.1, -0.05) is 13.8 Å². The largest absolute Gasteiger partial charge is 0.492 e. The molecule has 0 aliphatic rings. The zero-order chi connectivity index (χ0) is 19.5. The van der Waals surface area contributed by atoms with Gasteiger partial charge in [0.1, 0.15) is 12.6 Å². The number of ether oxygens (including phenoxy) is 3. The van der Waals surface area contributed by atoms with Crippen molar-refractivity contribution < 1.29 is 38.9 Å². The molecular weight excluding hydrogens is 348 g/mol. The fourth-order valence-electron chi connectivity index (χ4n) is 1.96. The number of hydrogen-bond acceptors (Lipinski definition) is 8. The average Bonchev–Trinajstić information content (AvgIpc) is 2.89. The van der Waals surface area contributed by atoms with Crippen LogP contribution in [0.3, 0.4) is 0 Å². The molecule has 0 aliphatic heterocycles. The van der Waals surface area contributed by atoms with Gasteiger partial charge >= 0.3 is 12.1 Å². The van der Waals surface area contributed by atoms with Gasteiger partial charge in [0.2, 0.25) is 11.8 Å². The van der Waals surface area contributed by atoms with Crippen molar-refractivity contribution in [2.24, 2.45) is 5.92 Å². The second-order valence-electron chi connectivity index (χ2n) is 5.82. The summed E-state index contributed by atoms with van der Waals surface area (Å²) < 4.78 is 15.5. The highest BCUT2D eigenvalue weighted by atomic mass is 16.7. The number of alkyl carbamates (subject to hydrolysis) is 1. The normalized spacial score (nSPS) is 12.0. The first-order valence-corrected chi connectivity index (χ1v) is 8.17. The summed E-state index contributed by atoms with van der Waals surface area (Å²) in [5.74, 6) is -1.68. The number of carbonyl (C=O) groups excluding carboxylic acids is 2. The molecule has 26 heavy (non-hydrogen) atoms.